The topological polar surface area (TPSA) is 101 Å². The van der Waals surface area contributed by atoms with Crippen molar-refractivity contribution in [2.45, 2.75) is 6.17 Å². The van der Waals surface area contributed by atoms with Gasteiger partial charge in [0.25, 0.3) is 5.69 Å². The highest BCUT2D eigenvalue weighted by molar-refractivity contribution is 5.35. The van der Waals surface area contributed by atoms with E-state index in [4.69, 9.17) is 10.9 Å². The zero-order valence-electron chi connectivity index (χ0n) is 6.68. The molecule has 0 aliphatic heterocycles. The standard InChI is InChI=1S/C7H9N3O3/c8-7(9-11)5-2-1-3-6(4-5)10(12)13/h1-4,7,9,11H,8H2. The van der Waals surface area contributed by atoms with Crippen molar-refractivity contribution in [3.63, 3.8) is 0 Å². The molecule has 0 amide bonds. The monoisotopic (exact) mass is 183 g/mol. The normalized spacial score (nSPS) is 12.5. The first-order valence-electron chi connectivity index (χ1n) is 3.54. The van der Waals surface area contributed by atoms with E-state index in [-0.39, 0.29) is 5.69 Å². The molecule has 0 aliphatic rings. The molecule has 0 saturated carbocycles. The molecule has 1 aromatic rings. The number of nitro groups is 1. The van der Waals surface area contributed by atoms with Gasteiger partial charge in [0, 0.05) is 12.1 Å². The lowest BCUT2D eigenvalue weighted by molar-refractivity contribution is -0.384. The first-order valence-corrected chi connectivity index (χ1v) is 3.54. The van der Waals surface area contributed by atoms with Gasteiger partial charge in [-0.3, -0.25) is 10.1 Å². The summed E-state index contributed by atoms with van der Waals surface area (Å²) in [6.45, 7) is 0. The third-order valence-electron chi connectivity index (χ3n) is 1.58. The SMILES string of the molecule is NC(NO)c1cccc([N+](=O)[O-])c1. The van der Waals surface area contributed by atoms with Gasteiger partial charge < -0.3 is 10.9 Å². The minimum absolute atomic E-state index is 0.0526. The van der Waals surface area contributed by atoms with E-state index in [2.05, 4.69) is 0 Å². The summed E-state index contributed by atoms with van der Waals surface area (Å²) in [5.74, 6) is 0. The van der Waals surface area contributed by atoms with Crippen LogP contribution in [0.2, 0.25) is 0 Å². The summed E-state index contributed by atoms with van der Waals surface area (Å²) in [6, 6.07) is 5.74. The van der Waals surface area contributed by atoms with Crippen LogP contribution in [0.25, 0.3) is 0 Å². The number of non-ortho nitro benzene ring substituents is 1. The highest BCUT2D eigenvalue weighted by Gasteiger charge is 2.09. The lowest BCUT2D eigenvalue weighted by Crippen LogP contribution is -2.25. The van der Waals surface area contributed by atoms with Crippen molar-refractivity contribution < 1.29 is 10.1 Å². The average molecular weight is 183 g/mol. The summed E-state index contributed by atoms with van der Waals surface area (Å²) in [7, 11) is 0. The maximum absolute atomic E-state index is 10.3. The van der Waals surface area contributed by atoms with Gasteiger partial charge >= 0.3 is 0 Å². The first kappa shape index (κ1) is 9.59. The average Bonchev–Trinajstić information content (AvgIpc) is 2.17. The molecule has 6 nitrogen and oxygen atoms in total. The first-order chi connectivity index (χ1) is 6.15. The molecule has 1 rings (SSSR count). The molecule has 0 bridgehead atoms. The van der Waals surface area contributed by atoms with Crippen molar-refractivity contribution in [2.75, 3.05) is 0 Å². The Hall–Kier alpha value is -1.50. The minimum Gasteiger partial charge on any atom is -0.315 e. The molecule has 13 heavy (non-hydrogen) atoms. The minimum atomic E-state index is -0.806. The Labute approximate surface area is 74.1 Å². The Bertz CT molecular complexity index is 316. The van der Waals surface area contributed by atoms with E-state index >= 15 is 0 Å². The molecular formula is C7H9N3O3. The second-order valence-electron chi connectivity index (χ2n) is 2.46. The molecule has 1 atom stereocenters. The molecule has 0 fully saturated rings. The quantitative estimate of drug-likeness (QED) is 0.360. The van der Waals surface area contributed by atoms with Crippen molar-refractivity contribution >= 4 is 5.69 Å². The predicted molar refractivity (Wildman–Crippen MR) is 44.9 cm³/mol. The molecular weight excluding hydrogens is 174 g/mol. The summed E-state index contributed by atoms with van der Waals surface area (Å²) in [4.78, 5) is 9.83. The maximum atomic E-state index is 10.3. The van der Waals surface area contributed by atoms with Crippen LogP contribution in [-0.4, -0.2) is 10.1 Å². The van der Waals surface area contributed by atoms with E-state index in [1.54, 1.807) is 11.5 Å². The third-order valence-corrected chi connectivity index (χ3v) is 1.58. The van der Waals surface area contributed by atoms with Crippen LogP contribution >= 0.6 is 0 Å². The van der Waals surface area contributed by atoms with Crippen LogP contribution in [0, 0.1) is 10.1 Å². The Morgan fingerprint density at radius 2 is 2.31 bits per heavy atom. The van der Waals surface area contributed by atoms with Gasteiger partial charge in [0.15, 0.2) is 0 Å². The number of nitro benzene ring substituents is 1. The Morgan fingerprint density at radius 1 is 1.62 bits per heavy atom. The second kappa shape index (κ2) is 3.94. The van der Waals surface area contributed by atoms with Crippen molar-refractivity contribution in [1.82, 2.24) is 5.48 Å². The fourth-order valence-electron chi connectivity index (χ4n) is 0.906. The second-order valence-corrected chi connectivity index (χ2v) is 2.46. The summed E-state index contributed by atoms with van der Waals surface area (Å²) in [5.41, 5.74) is 7.58. The lowest BCUT2D eigenvalue weighted by Gasteiger charge is -2.08. The molecule has 1 aromatic carbocycles. The van der Waals surface area contributed by atoms with Gasteiger partial charge in [-0.2, -0.15) is 5.48 Å². The number of nitrogens with one attached hydrogen (secondary N) is 1. The van der Waals surface area contributed by atoms with Gasteiger partial charge in [-0.15, -0.1) is 0 Å². The number of hydrogen-bond donors (Lipinski definition) is 3. The van der Waals surface area contributed by atoms with E-state index in [0.717, 1.165) is 0 Å². The molecule has 0 aliphatic carbocycles. The highest BCUT2D eigenvalue weighted by atomic mass is 16.6. The highest BCUT2D eigenvalue weighted by Crippen LogP contribution is 2.15. The maximum Gasteiger partial charge on any atom is 0.269 e. The molecule has 70 valence electrons. The lowest BCUT2D eigenvalue weighted by atomic mass is 10.1. The molecule has 0 aromatic heterocycles. The van der Waals surface area contributed by atoms with E-state index in [1.165, 1.54) is 18.2 Å². The van der Waals surface area contributed by atoms with Crippen molar-refractivity contribution in [3.8, 4) is 0 Å². The van der Waals surface area contributed by atoms with Crippen LogP contribution in [0.15, 0.2) is 24.3 Å². The molecule has 1 unspecified atom stereocenters. The van der Waals surface area contributed by atoms with Crippen LogP contribution in [0.4, 0.5) is 5.69 Å². The molecule has 0 heterocycles. The van der Waals surface area contributed by atoms with Gasteiger partial charge in [0.1, 0.15) is 6.17 Å². The van der Waals surface area contributed by atoms with Crippen LogP contribution in [0.3, 0.4) is 0 Å². The van der Waals surface area contributed by atoms with Gasteiger partial charge in [0.05, 0.1) is 4.92 Å². The Morgan fingerprint density at radius 3 is 2.85 bits per heavy atom. The van der Waals surface area contributed by atoms with Crippen molar-refractivity contribution in [3.05, 3.63) is 39.9 Å². The van der Waals surface area contributed by atoms with E-state index in [9.17, 15) is 10.1 Å². The molecule has 4 N–H and O–H groups in total. The smallest absolute Gasteiger partial charge is 0.269 e. The van der Waals surface area contributed by atoms with Crippen LogP contribution in [-0.2, 0) is 0 Å². The molecule has 0 spiro atoms. The number of rotatable bonds is 3. The van der Waals surface area contributed by atoms with Gasteiger partial charge in [-0.05, 0) is 5.56 Å². The summed E-state index contributed by atoms with van der Waals surface area (Å²) < 4.78 is 0. The number of nitrogens with two attached hydrogens (primary N) is 1. The molecule has 0 saturated heterocycles. The van der Waals surface area contributed by atoms with Gasteiger partial charge in [0.2, 0.25) is 0 Å². The molecule has 6 heteroatoms. The zero-order valence-corrected chi connectivity index (χ0v) is 6.68. The largest absolute Gasteiger partial charge is 0.315 e. The summed E-state index contributed by atoms with van der Waals surface area (Å²) in [6.07, 6.45) is -0.806. The van der Waals surface area contributed by atoms with Crippen molar-refractivity contribution in [2.24, 2.45) is 5.73 Å². The summed E-state index contributed by atoms with van der Waals surface area (Å²) in [5, 5.41) is 18.8. The number of hydrogen-bond acceptors (Lipinski definition) is 5. The number of hydroxylamine groups is 1. The van der Waals surface area contributed by atoms with Crippen molar-refractivity contribution in [1.29, 1.82) is 0 Å². The van der Waals surface area contributed by atoms with Crippen LogP contribution < -0.4 is 11.2 Å². The fraction of sp³-hybridized carbons (Fsp3) is 0.143. The predicted octanol–water partition coefficient (Wildman–Crippen LogP) is 0.531. The number of benzene rings is 1. The van der Waals surface area contributed by atoms with E-state index < -0.39 is 11.1 Å². The van der Waals surface area contributed by atoms with Gasteiger partial charge in [-0.25, -0.2) is 0 Å². The molecule has 0 radical (unpaired) electrons. The Kier molecular flexibility index (Phi) is 2.91. The Balaban J connectivity index is 2.98. The van der Waals surface area contributed by atoms with Gasteiger partial charge in [-0.1, -0.05) is 12.1 Å². The zero-order chi connectivity index (χ0) is 9.84. The van der Waals surface area contributed by atoms with Crippen LogP contribution in [0.1, 0.15) is 11.7 Å². The fourth-order valence-corrected chi connectivity index (χ4v) is 0.906. The number of nitrogens with zero attached hydrogens (tertiary/aromatic N) is 1. The third kappa shape index (κ3) is 2.22. The van der Waals surface area contributed by atoms with Crippen LogP contribution in [0.5, 0.6) is 0 Å². The van der Waals surface area contributed by atoms with E-state index in [1.807, 2.05) is 0 Å². The summed E-state index contributed by atoms with van der Waals surface area (Å²) >= 11 is 0. The van der Waals surface area contributed by atoms with E-state index in [0.29, 0.717) is 5.56 Å².